The summed E-state index contributed by atoms with van der Waals surface area (Å²) in [5.41, 5.74) is 3.25. The normalized spacial score (nSPS) is 14.5. The molecular weight excluding hydrogens is 426 g/mol. The summed E-state index contributed by atoms with van der Waals surface area (Å²) in [7, 11) is 1.62. The van der Waals surface area contributed by atoms with Crippen LogP contribution in [-0.4, -0.2) is 68.9 Å². The Kier molecular flexibility index (Phi) is 7.24. The van der Waals surface area contributed by atoms with Gasteiger partial charge in [0.1, 0.15) is 11.5 Å². The zero-order valence-corrected chi connectivity index (χ0v) is 19.6. The molecule has 0 unspecified atom stereocenters. The second-order valence-corrected chi connectivity index (χ2v) is 8.81. The van der Waals surface area contributed by atoms with Crippen LogP contribution in [0.5, 0.6) is 11.5 Å². The fraction of sp³-hybridized carbons (Fsp3) is 0.417. The first kappa shape index (κ1) is 22.5. The number of hydrogen-bond acceptors (Lipinski definition) is 7. The van der Waals surface area contributed by atoms with Crippen LogP contribution in [0.2, 0.25) is 0 Å². The van der Waals surface area contributed by atoms with Gasteiger partial charge in [0.05, 0.1) is 30.5 Å². The van der Waals surface area contributed by atoms with Crippen LogP contribution in [0.1, 0.15) is 11.1 Å². The minimum absolute atomic E-state index is 0.0523. The molecule has 1 amide bonds. The van der Waals surface area contributed by atoms with Crippen molar-refractivity contribution in [1.29, 1.82) is 0 Å². The molecule has 1 aromatic heterocycles. The van der Waals surface area contributed by atoms with Crippen LogP contribution in [-0.2, 0) is 9.53 Å². The summed E-state index contributed by atoms with van der Waals surface area (Å²) >= 11 is 1.57. The van der Waals surface area contributed by atoms with Crippen molar-refractivity contribution in [2.24, 2.45) is 0 Å². The number of morpholine rings is 1. The third-order valence-electron chi connectivity index (χ3n) is 5.63. The third-order valence-corrected chi connectivity index (χ3v) is 6.84. The molecule has 170 valence electrons. The molecule has 3 aromatic rings. The number of aryl methyl sites for hydroxylation is 2. The van der Waals surface area contributed by atoms with E-state index in [-0.39, 0.29) is 12.5 Å². The van der Waals surface area contributed by atoms with Crippen LogP contribution in [0.25, 0.3) is 10.2 Å². The highest BCUT2D eigenvalue weighted by molar-refractivity contribution is 7.22. The van der Waals surface area contributed by atoms with E-state index < -0.39 is 0 Å². The van der Waals surface area contributed by atoms with Crippen molar-refractivity contribution >= 4 is 32.6 Å². The van der Waals surface area contributed by atoms with Gasteiger partial charge in [-0.3, -0.25) is 14.6 Å². The number of rotatable bonds is 8. The number of nitrogens with zero attached hydrogens (tertiary/aromatic N) is 3. The molecule has 1 aliphatic rings. The lowest BCUT2D eigenvalue weighted by Crippen LogP contribution is -2.44. The number of thiazole rings is 1. The quantitative estimate of drug-likeness (QED) is 0.517. The van der Waals surface area contributed by atoms with Crippen LogP contribution >= 0.6 is 11.3 Å². The number of aromatic nitrogens is 1. The minimum atomic E-state index is -0.108. The van der Waals surface area contributed by atoms with E-state index in [9.17, 15) is 4.79 Å². The molecule has 1 saturated heterocycles. The van der Waals surface area contributed by atoms with Crippen LogP contribution in [0.3, 0.4) is 0 Å². The van der Waals surface area contributed by atoms with Crippen LogP contribution in [0.4, 0.5) is 5.13 Å². The molecule has 0 spiro atoms. The maximum atomic E-state index is 13.3. The Bertz CT molecular complexity index is 1020. The zero-order chi connectivity index (χ0) is 22.5. The number of carbonyl (C=O) groups is 1. The Labute approximate surface area is 192 Å². The number of ether oxygens (including phenoxy) is 3. The average Bonchev–Trinajstić information content (AvgIpc) is 3.28. The van der Waals surface area contributed by atoms with Crippen molar-refractivity contribution in [2.75, 3.05) is 58.0 Å². The Morgan fingerprint density at radius 3 is 2.47 bits per heavy atom. The van der Waals surface area contributed by atoms with E-state index in [1.807, 2.05) is 12.1 Å². The van der Waals surface area contributed by atoms with E-state index in [1.165, 1.54) is 5.56 Å². The van der Waals surface area contributed by atoms with Crippen molar-refractivity contribution < 1.29 is 19.0 Å². The highest BCUT2D eigenvalue weighted by atomic mass is 32.1. The SMILES string of the molecule is COc1ccc(OCC(=O)N(CCN2CCOCC2)c2nc3c(C)ccc(C)c3s2)cc1. The van der Waals surface area contributed by atoms with Gasteiger partial charge in [-0.15, -0.1) is 0 Å². The second kappa shape index (κ2) is 10.3. The molecule has 0 N–H and O–H groups in total. The smallest absolute Gasteiger partial charge is 0.266 e. The summed E-state index contributed by atoms with van der Waals surface area (Å²) in [5, 5.41) is 0.717. The number of fused-ring (bicyclic) bond motifs is 1. The van der Waals surface area contributed by atoms with Crippen molar-refractivity contribution in [1.82, 2.24) is 9.88 Å². The van der Waals surface area contributed by atoms with Crippen molar-refractivity contribution in [3.05, 3.63) is 47.5 Å². The van der Waals surface area contributed by atoms with Crippen LogP contribution in [0, 0.1) is 13.8 Å². The molecule has 0 bridgehead atoms. The Balaban J connectivity index is 1.52. The summed E-state index contributed by atoms with van der Waals surface area (Å²) in [4.78, 5) is 22.2. The fourth-order valence-electron chi connectivity index (χ4n) is 3.65. The number of hydrogen-bond donors (Lipinski definition) is 0. The standard InChI is InChI=1S/C24H29N3O4S/c1-17-4-5-18(2)23-22(17)25-24(32-23)27(11-10-26-12-14-30-15-13-26)21(28)16-31-20-8-6-19(29-3)7-9-20/h4-9H,10-16H2,1-3H3. The van der Waals surface area contributed by atoms with Gasteiger partial charge in [-0.1, -0.05) is 23.5 Å². The van der Waals surface area contributed by atoms with Crippen molar-refractivity contribution in [2.45, 2.75) is 13.8 Å². The topological polar surface area (TPSA) is 64.1 Å². The van der Waals surface area contributed by atoms with E-state index in [2.05, 4.69) is 30.9 Å². The maximum absolute atomic E-state index is 13.3. The van der Waals surface area contributed by atoms with Crippen LogP contribution < -0.4 is 14.4 Å². The predicted molar refractivity (Wildman–Crippen MR) is 127 cm³/mol. The molecule has 2 aromatic carbocycles. The van der Waals surface area contributed by atoms with Gasteiger partial charge < -0.3 is 14.2 Å². The molecule has 0 aliphatic carbocycles. The first-order valence-corrected chi connectivity index (χ1v) is 11.6. The first-order chi connectivity index (χ1) is 15.5. The summed E-state index contributed by atoms with van der Waals surface area (Å²) in [5.74, 6) is 1.27. The number of amides is 1. The molecule has 4 rings (SSSR count). The van der Waals surface area contributed by atoms with Gasteiger partial charge in [0, 0.05) is 26.2 Å². The molecule has 1 fully saturated rings. The fourth-order valence-corrected chi connectivity index (χ4v) is 4.81. The highest BCUT2D eigenvalue weighted by Crippen LogP contribution is 2.33. The average molecular weight is 456 g/mol. The minimum Gasteiger partial charge on any atom is -0.497 e. The summed E-state index contributed by atoms with van der Waals surface area (Å²) < 4.78 is 17.5. The van der Waals surface area contributed by atoms with Gasteiger partial charge in [0.15, 0.2) is 11.7 Å². The van der Waals surface area contributed by atoms with Gasteiger partial charge >= 0.3 is 0 Å². The number of anilines is 1. The number of methoxy groups -OCH3 is 1. The van der Waals surface area contributed by atoms with Gasteiger partial charge in [-0.25, -0.2) is 4.98 Å². The summed E-state index contributed by atoms with van der Waals surface area (Å²) in [6.07, 6.45) is 0. The maximum Gasteiger partial charge on any atom is 0.266 e. The van der Waals surface area contributed by atoms with E-state index in [4.69, 9.17) is 19.2 Å². The second-order valence-electron chi connectivity index (χ2n) is 7.84. The Hall–Kier alpha value is -2.68. The first-order valence-electron chi connectivity index (χ1n) is 10.8. The van der Waals surface area contributed by atoms with Crippen molar-refractivity contribution in [3.8, 4) is 11.5 Å². The van der Waals surface area contributed by atoms with E-state index in [1.54, 1.807) is 35.5 Å². The molecule has 0 radical (unpaired) electrons. The third kappa shape index (κ3) is 5.20. The van der Waals surface area contributed by atoms with Crippen molar-refractivity contribution in [3.63, 3.8) is 0 Å². The Morgan fingerprint density at radius 2 is 1.78 bits per heavy atom. The van der Waals surface area contributed by atoms with Gasteiger partial charge in [-0.2, -0.15) is 0 Å². The summed E-state index contributed by atoms with van der Waals surface area (Å²) in [6, 6.07) is 11.4. The van der Waals surface area contributed by atoms with Gasteiger partial charge in [-0.05, 0) is 49.2 Å². The lowest BCUT2D eigenvalue weighted by molar-refractivity contribution is -0.120. The lowest BCUT2D eigenvalue weighted by Gasteiger charge is -2.29. The molecule has 0 atom stereocenters. The van der Waals surface area contributed by atoms with E-state index >= 15 is 0 Å². The summed E-state index contributed by atoms with van der Waals surface area (Å²) in [6.45, 7) is 8.62. The van der Waals surface area contributed by atoms with Gasteiger partial charge in [0.25, 0.3) is 5.91 Å². The predicted octanol–water partition coefficient (Wildman–Crippen LogP) is 3.67. The molecule has 0 saturated carbocycles. The monoisotopic (exact) mass is 455 g/mol. The number of benzene rings is 2. The van der Waals surface area contributed by atoms with Gasteiger partial charge in [0.2, 0.25) is 0 Å². The molecule has 2 heterocycles. The zero-order valence-electron chi connectivity index (χ0n) is 18.8. The largest absolute Gasteiger partial charge is 0.497 e. The molecule has 7 nitrogen and oxygen atoms in total. The Morgan fingerprint density at radius 1 is 1.09 bits per heavy atom. The number of carbonyl (C=O) groups excluding carboxylic acids is 1. The highest BCUT2D eigenvalue weighted by Gasteiger charge is 2.23. The van der Waals surface area contributed by atoms with Crippen LogP contribution in [0.15, 0.2) is 36.4 Å². The molecule has 8 heteroatoms. The molecular formula is C24H29N3O4S. The van der Waals surface area contributed by atoms with E-state index in [0.717, 1.165) is 54.4 Å². The van der Waals surface area contributed by atoms with E-state index in [0.29, 0.717) is 17.4 Å². The molecule has 32 heavy (non-hydrogen) atoms. The lowest BCUT2D eigenvalue weighted by atomic mass is 10.1. The molecule has 1 aliphatic heterocycles.